The van der Waals surface area contributed by atoms with Crippen LogP contribution < -0.4 is 5.32 Å². The Balaban J connectivity index is 1.21. The number of nitrogens with one attached hydrogen (secondary N) is 3. The van der Waals surface area contributed by atoms with E-state index in [1.165, 1.54) is 5.57 Å². The van der Waals surface area contributed by atoms with Crippen LogP contribution in [0, 0.1) is 0 Å². The minimum Gasteiger partial charge on any atom is -0.378 e. The van der Waals surface area contributed by atoms with E-state index in [0.717, 1.165) is 45.6 Å². The summed E-state index contributed by atoms with van der Waals surface area (Å²) >= 11 is 0. The first-order valence-corrected chi connectivity index (χ1v) is 11.1. The minimum atomic E-state index is 0.0946. The second-order valence-corrected chi connectivity index (χ2v) is 8.27. The van der Waals surface area contributed by atoms with E-state index >= 15 is 0 Å². The summed E-state index contributed by atoms with van der Waals surface area (Å²) in [5.41, 5.74) is 4.89. The van der Waals surface area contributed by atoms with Crippen molar-refractivity contribution in [3.05, 3.63) is 48.6 Å². The number of hydrogen-bond acceptors (Lipinski definition) is 6. The average molecular weight is 444 g/mol. The number of hydrogen-bond donors (Lipinski definition) is 3. The quantitative estimate of drug-likeness (QED) is 0.447. The topological polar surface area (TPSA) is 115 Å². The van der Waals surface area contributed by atoms with Crippen molar-refractivity contribution in [3.63, 3.8) is 0 Å². The summed E-state index contributed by atoms with van der Waals surface area (Å²) in [6.45, 7) is 3.85. The molecule has 10 heteroatoms. The van der Waals surface area contributed by atoms with Gasteiger partial charge in [-0.05, 0) is 36.3 Å². The first-order chi connectivity index (χ1) is 16.2. The third-order valence-electron chi connectivity index (χ3n) is 6.24. The molecule has 0 unspecified atom stereocenters. The van der Waals surface area contributed by atoms with Gasteiger partial charge >= 0.3 is 6.03 Å². The highest BCUT2D eigenvalue weighted by atomic mass is 16.5. The van der Waals surface area contributed by atoms with E-state index < -0.39 is 0 Å². The predicted molar refractivity (Wildman–Crippen MR) is 125 cm³/mol. The number of H-pyrrole nitrogens is 2. The molecule has 1 saturated heterocycles. The summed E-state index contributed by atoms with van der Waals surface area (Å²) in [6.07, 6.45) is 6.27. The maximum atomic E-state index is 12.7. The SMILES string of the molecule is O=C(N1CC=C(c2cc3c(Nc4ccc5[nH]ncc5c4)ncnc3[nH]2)CC1)N1CCOCC1. The van der Waals surface area contributed by atoms with Gasteiger partial charge in [0.15, 0.2) is 0 Å². The van der Waals surface area contributed by atoms with Gasteiger partial charge in [0, 0.05) is 42.9 Å². The Labute approximate surface area is 189 Å². The van der Waals surface area contributed by atoms with Gasteiger partial charge in [0.2, 0.25) is 0 Å². The number of urea groups is 1. The zero-order valence-electron chi connectivity index (χ0n) is 18.0. The lowest BCUT2D eigenvalue weighted by Gasteiger charge is -2.34. The Morgan fingerprint density at radius 2 is 2.00 bits per heavy atom. The number of benzene rings is 1. The predicted octanol–water partition coefficient (Wildman–Crippen LogP) is 3.12. The number of anilines is 2. The minimum absolute atomic E-state index is 0.0946. The van der Waals surface area contributed by atoms with Crippen LogP contribution in [-0.4, -0.2) is 80.4 Å². The lowest BCUT2D eigenvalue weighted by atomic mass is 10.0. The highest BCUT2D eigenvalue weighted by molar-refractivity contribution is 5.93. The molecule has 4 aromatic rings. The lowest BCUT2D eigenvalue weighted by molar-refractivity contribution is 0.0441. The van der Waals surface area contributed by atoms with E-state index in [1.54, 1.807) is 12.5 Å². The van der Waals surface area contributed by atoms with E-state index in [-0.39, 0.29) is 6.03 Å². The highest BCUT2D eigenvalue weighted by Crippen LogP contribution is 2.30. The summed E-state index contributed by atoms with van der Waals surface area (Å²) in [7, 11) is 0. The Bertz CT molecular complexity index is 1350. The number of morpholine rings is 1. The van der Waals surface area contributed by atoms with Crippen LogP contribution in [0.3, 0.4) is 0 Å². The van der Waals surface area contributed by atoms with E-state index in [1.807, 2.05) is 28.0 Å². The van der Waals surface area contributed by atoms with Crippen molar-refractivity contribution in [2.24, 2.45) is 0 Å². The van der Waals surface area contributed by atoms with E-state index in [0.29, 0.717) is 39.4 Å². The van der Waals surface area contributed by atoms with E-state index in [9.17, 15) is 4.79 Å². The molecular formula is C23H24N8O2. The van der Waals surface area contributed by atoms with E-state index in [2.05, 4.69) is 42.6 Å². The van der Waals surface area contributed by atoms with Gasteiger partial charge in [0.1, 0.15) is 17.8 Å². The standard InChI is InChI=1S/C23H24N8O2/c32-23(31-7-9-33-10-8-31)30-5-3-15(4-6-30)20-12-18-21(24-14-25-22(18)28-20)27-17-1-2-19-16(11-17)13-26-29-19/h1-3,11-14H,4-10H2,(H,26,29)(H2,24,25,27,28). The molecule has 0 bridgehead atoms. The molecule has 0 spiro atoms. The zero-order chi connectivity index (χ0) is 22.2. The Morgan fingerprint density at radius 3 is 2.85 bits per heavy atom. The van der Waals surface area contributed by atoms with Crippen LogP contribution in [0.1, 0.15) is 12.1 Å². The smallest absolute Gasteiger partial charge is 0.320 e. The van der Waals surface area contributed by atoms with Crippen LogP contribution in [-0.2, 0) is 4.74 Å². The number of nitrogens with zero attached hydrogens (tertiary/aromatic N) is 5. The third kappa shape index (κ3) is 3.78. The van der Waals surface area contributed by atoms with Gasteiger partial charge in [-0.2, -0.15) is 5.10 Å². The van der Waals surface area contributed by atoms with Crippen molar-refractivity contribution < 1.29 is 9.53 Å². The summed E-state index contributed by atoms with van der Waals surface area (Å²) in [4.78, 5) is 28.8. The first kappa shape index (κ1) is 19.7. The Kier molecular flexibility index (Phi) is 4.91. The second-order valence-electron chi connectivity index (χ2n) is 8.27. The molecule has 1 fully saturated rings. The summed E-state index contributed by atoms with van der Waals surface area (Å²) in [5.74, 6) is 0.742. The molecule has 0 saturated carbocycles. The average Bonchev–Trinajstić information content (AvgIpc) is 3.52. The van der Waals surface area contributed by atoms with Gasteiger partial charge in [-0.3, -0.25) is 5.10 Å². The molecule has 3 aromatic heterocycles. The largest absolute Gasteiger partial charge is 0.378 e. The molecule has 0 aliphatic carbocycles. The van der Waals surface area contributed by atoms with Crippen molar-refractivity contribution in [1.82, 2.24) is 34.9 Å². The van der Waals surface area contributed by atoms with Crippen molar-refractivity contribution in [1.29, 1.82) is 0 Å². The van der Waals surface area contributed by atoms with Crippen LogP contribution in [0.5, 0.6) is 0 Å². The molecule has 5 heterocycles. The third-order valence-corrected chi connectivity index (χ3v) is 6.24. The van der Waals surface area contributed by atoms with Gasteiger partial charge in [-0.1, -0.05) is 6.08 Å². The molecule has 168 valence electrons. The molecule has 0 atom stereocenters. The molecular weight excluding hydrogens is 420 g/mol. The number of rotatable bonds is 3. The molecule has 2 aliphatic rings. The van der Waals surface area contributed by atoms with Crippen molar-refractivity contribution in [2.75, 3.05) is 44.7 Å². The fourth-order valence-corrected chi connectivity index (χ4v) is 4.41. The van der Waals surface area contributed by atoms with Crippen LogP contribution >= 0.6 is 0 Å². The molecule has 2 amide bonds. The molecule has 1 aromatic carbocycles. The Morgan fingerprint density at radius 1 is 1.09 bits per heavy atom. The lowest BCUT2D eigenvalue weighted by Crippen LogP contribution is -2.49. The van der Waals surface area contributed by atoms with Crippen LogP contribution in [0.15, 0.2) is 42.9 Å². The molecule has 0 radical (unpaired) electrons. The van der Waals surface area contributed by atoms with Gasteiger partial charge in [-0.15, -0.1) is 0 Å². The zero-order valence-corrected chi connectivity index (χ0v) is 18.0. The van der Waals surface area contributed by atoms with Crippen molar-refractivity contribution >= 4 is 45.0 Å². The molecule has 2 aliphatic heterocycles. The molecule has 3 N–H and O–H groups in total. The number of aromatic amines is 2. The highest BCUT2D eigenvalue weighted by Gasteiger charge is 2.25. The van der Waals surface area contributed by atoms with Crippen LogP contribution in [0.4, 0.5) is 16.3 Å². The number of ether oxygens (including phenoxy) is 1. The molecule has 6 rings (SSSR count). The summed E-state index contributed by atoms with van der Waals surface area (Å²) in [5, 5.41) is 12.4. The monoisotopic (exact) mass is 444 g/mol. The van der Waals surface area contributed by atoms with E-state index in [4.69, 9.17) is 4.74 Å². The maximum Gasteiger partial charge on any atom is 0.320 e. The van der Waals surface area contributed by atoms with Gasteiger partial charge in [0.05, 0.1) is 30.3 Å². The van der Waals surface area contributed by atoms with Crippen LogP contribution in [0.25, 0.3) is 27.5 Å². The van der Waals surface area contributed by atoms with Gasteiger partial charge < -0.3 is 24.8 Å². The summed E-state index contributed by atoms with van der Waals surface area (Å²) in [6, 6.07) is 8.19. The Hall–Kier alpha value is -3.92. The molecule has 33 heavy (non-hydrogen) atoms. The first-order valence-electron chi connectivity index (χ1n) is 11.1. The normalized spacial score (nSPS) is 16.9. The van der Waals surface area contributed by atoms with Crippen molar-refractivity contribution in [2.45, 2.75) is 6.42 Å². The maximum absolute atomic E-state index is 12.7. The van der Waals surface area contributed by atoms with Crippen molar-refractivity contribution in [3.8, 4) is 0 Å². The van der Waals surface area contributed by atoms with Gasteiger partial charge in [0.25, 0.3) is 0 Å². The fraction of sp³-hybridized carbons (Fsp3) is 0.304. The number of aromatic nitrogens is 5. The number of amides is 2. The number of carbonyl (C=O) groups is 1. The van der Waals surface area contributed by atoms with Gasteiger partial charge in [-0.25, -0.2) is 14.8 Å². The fourth-order valence-electron chi connectivity index (χ4n) is 4.41. The molecule has 10 nitrogen and oxygen atoms in total. The number of carbonyl (C=O) groups excluding carboxylic acids is 1. The summed E-state index contributed by atoms with van der Waals surface area (Å²) < 4.78 is 5.35. The van der Waals surface area contributed by atoms with Crippen LogP contribution in [0.2, 0.25) is 0 Å². The number of fused-ring (bicyclic) bond motifs is 2. The second kappa shape index (κ2) is 8.21.